The van der Waals surface area contributed by atoms with Gasteiger partial charge in [-0.2, -0.15) is 5.10 Å². The van der Waals surface area contributed by atoms with Gasteiger partial charge in [0.2, 0.25) is 0 Å². The molecule has 0 saturated carbocycles. The van der Waals surface area contributed by atoms with E-state index < -0.39 is 0 Å². The molecular formula is C17H17ClN2O2. The number of amides is 1. The van der Waals surface area contributed by atoms with Gasteiger partial charge in [0.25, 0.3) is 5.91 Å². The van der Waals surface area contributed by atoms with Crippen molar-refractivity contribution in [2.45, 2.75) is 13.8 Å². The third-order valence-electron chi connectivity index (χ3n) is 3.04. The predicted octanol–water partition coefficient (Wildman–Crippen LogP) is 3.57. The van der Waals surface area contributed by atoms with Gasteiger partial charge < -0.3 is 4.74 Å². The van der Waals surface area contributed by atoms with Crippen LogP contribution in [-0.2, 0) is 4.79 Å². The molecule has 2 rings (SSSR count). The van der Waals surface area contributed by atoms with Gasteiger partial charge in [-0.3, -0.25) is 4.79 Å². The van der Waals surface area contributed by atoms with Crippen molar-refractivity contribution in [1.82, 2.24) is 5.43 Å². The zero-order chi connectivity index (χ0) is 15.9. The lowest BCUT2D eigenvalue weighted by Crippen LogP contribution is -2.25. The first-order valence-electron chi connectivity index (χ1n) is 6.84. The second-order valence-electron chi connectivity index (χ2n) is 4.80. The molecule has 0 aliphatic carbocycles. The fraction of sp³-hybridized carbons (Fsp3) is 0.176. The van der Waals surface area contributed by atoms with E-state index in [9.17, 15) is 4.79 Å². The molecule has 0 aromatic heterocycles. The first-order valence-corrected chi connectivity index (χ1v) is 7.21. The van der Waals surface area contributed by atoms with Crippen LogP contribution in [0.25, 0.3) is 0 Å². The van der Waals surface area contributed by atoms with Crippen molar-refractivity contribution in [2.75, 3.05) is 6.61 Å². The quantitative estimate of drug-likeness (QED) is 0.677. The number of halogens is 1. The molecule has 4 nitrogen and oxygen atoms in total. The second kappa shape index (κ2) is 7.61. The summed E-state index contributed by atoms with van der Waals surface area (Å²) in [5.41, 5.74) is 5.05. The van der Waals surface area contributed by atoms with Crippen LogP contribution in [0.3, 0.4) is 0 Å². The number of carbonyl (C=O) groups excluding carboxylic acids is 1. The van der Waals surface area contributed by atoms with Gasteiger partial charge in [0.15, 0.2) is 6.61 Å². The fourth-order valence-electron chi connectivity index (χ4n) is 1.84. The number of hydrogen-bond acceptors (Lipinski definition) is 3. The maximum Gasteiger partial charge on any atom is 0.277 e. The van der Waals surface area contributed by atoms with Gasteiger partial charge in [0.05, 0.1) is 5.71 Å². The minimum absolute atomic E-state index is 0.103. The topological polar surface area (TPSA) is 50.7 Å². The number of nitrogens with one attached hydrogen (secondary N) is 1. The Bertz CT molecular complexity index is 684. The smallest absolute Gasteiger partial charge is 0.277 e. The molecule has 5 heteroatoms. The number of hydrazone groups is 1. The van der Waals surface area contributed by atoms with Gasteiger partial charge >= 0.3 is 0 Å². The van der Waals surface area contributed by atoms with Crippen LogP contribution < -0.4 is 10.2 Å². The summed E-state index contributed by atoms with van der Waals surface area (Å²) < 4.78 is 5.45. The Labute approximate surface area is 134 Å². The first-order chi connectivity index (χ1) is 10.6. The average molecular weight is 317 g/mol. The van der Waals surface area contributed by atoms with Crippen LogP contribution in [0, 0.1) is 6.92 Å². The van der Waals surface area contributed by atoms with Gasteiger partial charge in [-0.15, -0.1) is 0 Å². The van der Waals surface area contributed by atoms with E-state index in [-0.39, 0.29) is 12.5 Å². The van der Waals surface area contributed by atoms with Gasteiger partial charge in [-0.25, -0.2) is 5.43 Å². The Morgan fingerprint density at radius 3 is 2.64 bits per heavy atom. The van der Waals surface area contributed by atoms with Crippen molar-refractivity contribution >= 4 is 23.2 Å². The summed E-state index contributed by atoms with van der Waals surface area (Å²) in [5, 5.41) is 4.70. The minimum atomic E-state index is -0.315. The molecule has 0 saturated heterocycles. The summed E-state index contributed by atoms with van der Waals surface area (Å²) in [5.74, 6) is 0.313. The van der Waals surface area contributed by atoms with E-state index in [0.29, 0.717) is 10.8 Å². The molecule has 0 spiro atoms. The number of nitrogens with zero attached hydrogens (tertiary/aromatic N) is 1. The van der Waals surface area contributed by atoms with Crippen LogP contribution in [0.2, 0.25) is 5.02 Å². The van der Waals surface area contributed by atoms with Crippen LogP contribution >= 0.6 is 11.6 Å². The molecule has 22 heavy (non-hydrogen) atoms. The van der Waals surface area contributed by atoms with Crippen molar-refractivity contribution in [3.8, 4) is 5.75 Å². The van der Waals surface area contributed by atoms with Gasteiger partial charge in [-0.1, -0.05) is 41.9 Å². The molecule has 114 valence electrons. The second-order valence-corrected chi connectivity index (χ2v) is 5.23. The number of benzene rings is 2. The number of ether oxygens (including phenoxy) is 1. The zero-order valence-electron chi connectivity index (χ0n) is 12.5. The van der Waals surface area contributed by atoms with Crippen LogP contribution in [0.15, 0.2) is 53.6 Å². The van der Waals surface area contributed by atoms with Gasteiger partial charge in [-0.05, 0) is 43.2 Å². The Hall–Kier alpha value is -2.33. The normalized spacial score (nSPS) is 11.1. The highest BCUT2D eigenvalue weighted by Crippen LogP contribution is 2.21. The summed E-state index contributed by atoms with van der Waals surface area (Å²) in [7, 11) is 0. The van der Waals surface area contributed by atoms with Crippen molar-refractivity contribution < 1.29 is 9.53 Å². The third-order valence-corrected chi connectivity index (χ3v) is 3.27. The van der Waals surface area contributed by atoms with Crippen LogP contribution in [-0.4, -0.2) is 18.2 Å². The fourth-order valence-corrected chi connectivity index (χ4v) is 2.07. The standard InChI is InChI=1S/C17H17ClN2O2/c1-12-10-15(18)8-9-16(12)22-11-17(21)20-19-13(2)14-6-4-3-5-7-14/h3-10H,11H2,1-2H3,(H,20,21)/b19-13+. The maximum absolute atomic E-state index is 11.8. The van der Waals surface area contributed by atoms with E-state index in [4.69, 9.17) is 16.3 Å². The highest BCUT2D eigenvalue weighted by atomic mass is 35.5. The minimum Gasteiger partial charge on any atom is -0.483 e. The lowest BCUT2D eigenvalue weighted by atomic mass is 10.1. The molecule has 0 bridgehead atoms. The largest absolute Gasteiger partial charge is 0.483 e. The highest BCUT2D eigenvalue weighted by molar-refractivity contribution is 6.30. The van der Waals surface area contributed by atoms with Crippen LogP contribution in [0.5, 0.6) is 5.75 Å². The zero-order valence-corrected chi connectivity index (χ0v) is 13.2. The summed E-state index contributed by atoms with van der Waals surface area (Å²) >= 11 is 5.87. The van der Waals surface area contributed by atoms with E-state index in [2.05, 4.69) is 10.5 Å². The molecule has 0 fully saturated rings. The number of aryl methyl sites for hydroxylation is 1. The van der Waals surface area contributed by atoms with E-state index in [1.807, 2.05) is 44.2 Å². The van der Waals surface area contributed by atoms with E-state index >= 15 is 0 Å². The van der Waals surface area contributed by atoms with E-state index in [1.54, 1.807) is 18.2 Å². The van der Waals surface area contributed by atoms with Crippen molar-refractivity contribution in [3.05, 3.63) is 64.7 Å². The molecule has 2 aromatic carbocycles. The van der Waals surface area contributed by atoms with Crippen molar-refractivity contribution in [2.24, 2.45) is 5.10 Å². The highest BCUT2D eigenvalue weighted by Gasteiger charge is 2.05. The Kier molecular flexibility index (Phi) is 5.55. The van der Waals surface area contributed by atoms with Crippen molar-refractivity contribution in [1.29, 1.82) is 0 Å². The Balaban J connectivity index is 1.88. The molecule has 0 heterocycles. The SMILES string of the molecule is C/C(=N\NC(=O)COc1ccc(Cl)cc1C)c1ccccc1. The van der Waals surface area contributed by atoms with E-state index in [1.165, 1.54) is 0 Å². The van der Waals surface area contributed by atoms with Gasteiger partial charge in [0.1, 0.15) is 5.75 Å². The molecule has 0 unspecified atom stereocenters. The molecule has 1 amide bonds. The maximum atomic E-state index is 11.8. The average Bonchev–Trinajstić information content (AvgIpc) is 2.52. The predicted molar refractivity (Wildman–Crippen MR) is 88.5 cm³/mol. The Morgan fingerprint density at radius 1 is 1.23 bits per heavy atom. The number of carbonyl (C=O) groups is 1. The van der Waals surface area contributed by atoms with Crippen LogP contribution in [0.1, 0.15) is 18.1 Å². The van der Waals surface area contributed by atoms with Crippen molar-refractivity contribution in [3.63, 3.8) is 0 Å². The molecular weight excluding hydrogens is 300 g/mol. The molecule has 0 aliphatic rings. The third kappa shape index (κ3) is 4.60. The summed E-state index contributed by atoms with van der Waals surface area (Å²) in [6, 6.07) is 14.9. The summed E-state index contributed by atoms with van der Waals surface area (Å²) in [6.07, 6.45) is 0. The molecule has 0 aliphatic heterocycles. The first kappa shape index (κ1) is 16.0. The van der Waals surface area contributed by atoms with E-state index in [0.717, 1.165) is 16.8 Å². The molecule has 0 atom stereocenters. The van der Waals surface area contributed by atoms with Gasteiger partial charge in [0, 0.05) is 5.02 Å². The molecule has 1 N–H and O–H groups in total. The monoisotopic (exact) mass is 316 g/mol. The summed E-state index contributed by atoms with van der Waals surface area (Å²) in [4.78, 5) is 11.8. The summed E-state index contributed by atoms with van der Waals surface area (Å²) in [6.45, 7) is 3.60. The Morgan fingerprint density at radius 2 is 1.95 bits per heavy atom. The lowest BCUT2D eigenvalue weighted by Gasteiger charge is -2.08. The number of rotatable bonds is 5. The number of hydrogen-bond donors (Lipinski definition) is 1. The van der Waals surface area contributed by atoms with Crippen LogP contribution in [0.4, 0.5) is 0 Å². The lowest BCUT2D eigenvalue weighted by molar-refractivity contribution is -0.123. The molecule has 2 aromatic rings. The molecule has 0 radical (unpaired) electrons.